The lowest BCUT2D eigenvalue weighted by Gasteiger charge is -2.07. The molecule has 0 fully saturated rings. The number of carboxylic acid groups (broad SMARTS) is 1. The van der Waals surface area contributed by atoms with Gasteiger partial charge in [-0.1, -0.05) is 54.6 Å². The van der Waals surface area contributed by atoms with Crippen molar-refractivity contribution in [2.45, 2.75) is 19.9 Å². The van der Waals surface area contributed by atoms with Crippen molar-refractivity contribution < 1.29 is 14.3 Å². The number of carboxylic acids is 1. The quantitative estimate of drug-likeness (QED) is 0.399. The standard InChI is InChI=1S/C26H21N3O3/c1-17-24-21(26(30)31)15-22(23-8-5-13-32-23)27-25(24)28-29(17)16-20-11-9-19(10-12-20)14-18-6-3-2-4-7-18/h2-13,15H,14,16H2,1H3,(H,30,31). The number of aromatic nitrogens is 3. The zero-order chi connectivity index (χ0) is 22.1. The zero-order valence-corrected chi connectivity index (χ0v) is 17.5. The fourth-order valence-electron chi connectivity index (χ4n) is 3.92. The Balaban J connectivity index is 1.46. The van der Waals surface area contributed by atoms with Gasteiger partial charge in [-0.15, -0.1) is 0 Å². The molecule has 158 valence electrons. The molecular formula is C26H21N3O3. The van der Waals surface area contributed by atoms with Gasteiger partial charge < -0.3 is 9.52 Å². The Bertz CT molecular complexity index is 1390. The molecule has 0 atom stereocenters. The molecule has 0 saturated carbocycles. The number of hydrogen-bond donors (Lipinski definition) is 1. The SMILES string of the molecule is Cc1c2c(C(=O)O)cc(-c3ccco3)nc2nn1Cc1ccc(Cc2ccccc2)cc1. The number of furan rings is 1. The summed E-state index contributed by atoms with van der Waals surface area (Å²) >= 11 is 0. The van der Waals surface area contributed by atoms with E-state index in [1.54, 1.807) is 18.2 Å². The first-order valence-corrected chi connectivity index (χ1v) is 10.4. The fraction of sp³-hybridized carbons (Fsp3) is 0.115. The van der Waals surface area contributed by atoms with E-state index in [1.807, 2.05) is 29.8 Å². The van der Waals surface area contributed by atoms with E-state index in [1.165, 1.54) is 17.4 Å². The highest BCUT2D eigenvalue weighted by atomic mass is 16.4. The second-order valence-electron chi connectivity index (χ2n) is 7.76. The molecule has 3 aromatic heterocycles. The molecule has 6 heteroatoms. The molecule has 0 aliphatic carbocycles. The second kappa shape index (κ2) is 8.15. The van der Waals surface area contributed by atoms with Crippen molar-refractivity contribution in [3.63, 3.8) is 0 Å². The van der Waals surface area contributed by atoms with E-state index in [0.717, 1.165) is 17.7 Å². The normalized spacial score (nSPS) is 11.2. The number of hydrogen-bond acceptors (Lipinski definition) is 4. The molecule has 5 rings (SSSR count). The third-order valence-corrected chi connectivity index (χ3v) is 5.58. The van der Waals surface area contributed by atoms with Crippen LogP contribution in [0.4, 0.5) is 0 Å². The largest absolute Gasteiger partial charge is 0.478 e. The van der Waals surface area contributed by atoms with E-state index in [2.05, 4.69) is 46.5 Å². The smallest absolute Gasteiger partial charge is 0.336 e. The van der Waals surface area contributed by atoms with E-state index in [-0.39, 0.29) is 5.56 Å². The van der Waals surface area contributed by atoms with Gasteiger partial charge in [0.25, 0.3) is 0 Å². The maximum absolute atomic E-state index is 11.9. The van der Waals surface area contributed by atoms with Gasteiger partial charge in [-0.2, -0.15) is 5.10 Å². The number of nitrogens with zero attached hydrogens (tertiary/aromatic N) is 3. The summed E-state index contributed by atoms with van der Waals surface area (Å²) in [6, 6.07) is 23.8. The summed E-state index contributed by atoms with van der Waals surface area (Å²) in [5.41, 5.74) is 5.38. The summed E-state index contributed by atoms with van der Waals surface area (Å²) in [6.07, 6.45) is 2.42. The highest BCUT2D eigenvalue weighted by molar-refractivity contribution is 6.03. The fourth-order valence-corrected chi connectivity index (χ4v) is 3.92. The maximum Gasteiger partial charge on any atom is 0.336 e. The van der Waals surface area contributed by atoms with Crippen LogP contribution in [0.3, 0.4) is 0 Å². The third kappa shape index (κ3) is 3.78. The van der Waals surface area contributed by atoms with Crippen LogP contribution < -0.4 is 0 Å². The number of carbonyl (C=O) groups is 1. The van der Waals surface area contributed by atoms with Crippen molar-refractivity contribution >= 4 is 17.0 Å². The van der Waals surface area contributed by atoms with Gasteiger partial charge >= 0.3 is 5.97 Å². The minimum absolute atomic E-state index is 0.170. The molecule has 1 N–H and O–H groups in total. The van der Waals surface area contributed by atoms with Gasteiger partial charge in [0.2, 0.25) is 0 Å². The van der Waals surface area contributed by atoms with Gasteiger partial charge in [0, 0.05) is 5.69 Å². The Morgan fingerprint density at radius 3 is 2.38 bits per heavy atom. The Kier molecular flexibility index (Phi) is 5.03. The minimum Gasteiger partial charge on any atom is -0.478 e. The molecule has 0 unspecified atom stereocenters. The molecule has 2 aromatic carbocycles. The Hall–Kier alpha value is -4.19. The highest BCUT2D eigenvalue weighted by Crippen LogP contribution is 2.27. The lowest BCUT2D eigenvalue weighted by atomic mass is 10.0. The van der Waals surface area contributed by atoms with Crippen LogP contribution in [0.25, 0.3) is 22.5 Å². The molecule has 3 heterocycles. The Morgan fingerprint density at radius 1 is 0.969 bits per heavy atom. The zero-order valence-electron chi connectivity index (χ0n) is 17.5. The monoisotopic (exact) mass is 423 g/mol. The van der Waals surface area contributed by atoms with Gasteiger partial charge in [0.15, 0.2) is 11.4 Å². The Labute approximate surface area is 184 Å². The van der Waals surface area contributed by atoms with Crippen molar-refractivity contribution in [1.82, 2.24) is 14.8 Å². The molecule has 0 amide bonds. The molecule has 0 bridgehead atoms. The average molecular weight is 423 g/mol. The van der Waals surface area contributed by atoms with Crippen molar-refractivity contribution in [1.29, 1.82) is 0 Å². The number of aromatic carboxylic acids is 1. The number of aryl methyl sites for hydroxylation is 1. The van der Waals surface area contributed by atoms with E-state index < -0.39 is 5.97 Å². The van der Waals surface area contributed by atoms with Crippen LogP contribution in [-0.2, 0) is 13.0 Å². The molecule has 0 aliphatic rings. The molecular weight excluding hydrogens is 402 g/mol. The lowest BCUT2D eigenvalue weighted by molar-refractivity contribution is 0.0699. The van der Waals surface area contributed by atoms with Crippen LogP contribution in [0, 0.1) is 6.92 Å². The summed E-state index contributed by atoms with van der Waals surface area (Å²) in [5, 5.41) is 14.9. The first-order chi connectivity index (χ1) is 15.6. The van der Waals surface area contributed by atoms with Crippen LogP contribution in [0.5, 0.6) is 0 Å². The van der Waals surface area contributed by atoms with Gasteiger partial charge in [0.1, 0.15) is 5.69 Å². The predicted molar refractivity (Wildman–Crippen MR) is 122 cm³/mol. The second-order valence-corrected chi connectivity index (χ2v) is 7.76. The van der Waals surface area contributed by atoms with E-state index in [0.29, 0.717) is 29.0 Å². The maximum atomic E-state index is 11.9. The minimum atomic E-state index is -1.02. The van der Waals surface area contributed by atoms with Crippen LogP contribution in [0.15, 0.2) is 83.5 Å². The molecule has 0 aliphatic heterocycles. The van der Waals surface area contributed by atoms with Gasteiger partial charge in [-0.3, -0.25) is 4.68 Å². The summed E-state index contributed by atoms with van der Waals surface area (Å²) < 4.78 is 7.21. The van der Waals surface area contributed by atoms with E-state index >= 15 is 0 Å². The summed E-state index contributed by atoms with van der Waals surface area (Å²) in [6.45, 7) is 2.41. The first-order valence-electron chi connectivity index (χ1n) is 10.4. The van der Waals surface area contributed by atoms with Crippen LogP contribution in [0.1, 0.15) is 32.7 Å². The van der Waals surface area contributed by atoms with Crippen LogP contribution in [-0.4, -0.2) is 25.8 Å². The average Bonchev–Trinajstić information content (AvgIpc) is 3.44. The summed E-state index contributed by atoms with van der Waals surface area (Å²) in [5.74, 6) is -0.506. The number of fused-ring (bicyclic) bond motifs is 1. The highest BCUT2D eigenvalue weighted by Gasteiger charge is 2.20. The number of pyridine rings is 1. The summed E-state index contributed by atoms with van der Waals surface area (Å²) in [4.78, 5) is 16.5. The molecule has 0 spiro atoms. The van der Waals surface area contributed by atoms with Gasteiger partial charge in [-0.05, 0) is 48.2 Å². The molecule has 6 nitrogen and oxygen atoms in total. The molecule has 0 saturated heterocycles. The predicted octanol–water partition coefficient (Wildman–Crippen LogP) is 5.34. The van der Waals surface area contributed by atoms with Crippen molar-refractivity contribution in [3.8, 4) is 11.5 Å². The third-order valence-electron chi connectivity index (χ3n) is 5.58. The van der Waals surface area contributed by atoms with Gasteiger partial charge in [0.05, 0.1) is 23.8 Å². The number of benzene rings is 2. The first kappa shape index (κ1) is 19.8. The summed E-state index contributed by atoms with van der Waals surface area (Å²) in [7, 11) is 0. The molecule has 5 aromatic rings. The van der Waals surface area contributed by atoms with E-state index in [4.69, 9.17) is 4.42 Å². The van der Waals surface area contributed by atoms with Gasteiger partial charge in [-0.25, -0.2) is 9.78 Å². The van der Waals surface area contributed by atoms with Crippen molar-refractivity contribution in [2.24, 2.45) is 0 Å². The molecule has 0 radical (unpaired) electrons. The molecule has 32 heavy (non-hydrogen) atoms. The lowest BCUT2D eigenvalue weighted by Crippen LogP contribution is -2.04. The number of rotatable bonds is 6. The van der Waals surface area contributed by atoms with E-state index in [9.17, 15) is 9.90 Å². The van der Waals surface area contributed by atoms with Crippen molar-refractivity contribution in [3.05, 3.63) is 107 Å². The topological polar surface area (TPSA) is 81.2 Å². The van der Waals surface area contributed by atoms with Crippen LogP contribution >= 0.6 is 0 Å². The van der Waals surface area contributed by atoms with Crippen LogP contribution in [0.2, 0.25) is 0 Å². The van der Waals surface area contributed by atoms with Crippen molar-refractivity contribution in [2.75, 3.05) is 0 Å². The Morgan fingerprint density at radius 2 is 1.69 bits per heavy atom.